The van der Waals surface area contributed by atoms with E-state index in [4.69, 9.17) is 9.47 Å². The average Bonchev–Trinajstić information content (AvgIpc) is 3.25. The molecule has 0 aromatic carbocycles. The highest BCUT2D eigenvalue weighted by molar-refractivity contribution is 5.77. The van der Waals surface area contributed by atoms with Gasteiger partial charge in [-0.2, -0.15) is 0 Å². The summed E-state index contributed by atoms with van der Waals surface area (Å²) in [6.07, 6.45) is 1.97. The molecule has 2 rings (SSSR count). The molecule has 4 unspecified atom stereocenters. The quantitative estimate of drug-likeness (QED) is 0.191. The van der Waals surface area contributed by atoms with Crippen molar-refractivity contribution in [3.8, 4) is 0 Å². The fraction of sp³-hybridized carbons (Fsp3) is 0.885. The van der Waals surface area contributed by atoms with Gasteiger partial charge in [-0.15, -0.1) is 0 Å². The van der Waals surface area contributed by atoms with Gasteiger partial charge in [-0.3, -0.25) is 14.4 Å². The van der Waals surface area contributed by atoms with E-state index < -0.39 is 43.2 Å². The Balaban J connectivity index is 1.55. The first kappa shape index (κ1) is 31.4. The molecule has 2 fully saturated rings. The van der Waals surface area contributed by atoms with Gasteiger partial charge < -0.3 is 40.3 Å². The Morgan fingerprint density at radius 2 is 1.78 bits per heavy atom. The smallest absolute Gasteiger partial charge is 0.222 e. The number of aliphatic hydroxyl groups is 3. The van der Waals surface area contributed by atoms with Gasteiger partial charge in [0.15, 0.2) is 6.29 Å². The predicted molar refractivity (Wildman–Crippen MR) is 136 cm³/mol. The Bertz CT molecular complexity index is 724. The molecule has 11 nitrogen and oxygen atoms in total. The molecule has 11 heteroatoms. The third-order valence-electron chi connectivity index (χ3n) is 7.14. The molecule has 7 atom stereocenters. The summed E-state index contributed by atoms with van der Waals surface area (Å²) in [6, 6.07) is -0.584. The Kier molecular flexibility index (Phi) is 13.8. The fourth-order valence-corrected chi connectivity index (χ4v) is 5.08. The number of hydrogen-bond acceptors (Lipinski definition) is 8. The van der Waals surface area contributed by atoms with Crippen molar-refractivity contribution in [2.75, 3.05) is 26.3 Å². The van der Waals surface area contributed by atoms with Crippen molar-refractivity contribution in [1.29, 1.82) is 0 Å². The molecule has 2 saturated heterocycles. The highest BCUT2D eigenvalue weighted by atomic mass is 16.7. The van der Waals surface area contributed by atoms with E-state index in [0.717, 1.165) is 38.6 Å². The van der Waals surface area contributed by atoms with E-state index in [9.17, 15) is 29.7 Å². The van der Waals surface area contributed by atoms with Crippen molar-refractivity contribution in [2.45, 2.75) is 115 Å². The highest BCUT2D eigenvalue weighted by Crippen LogP contribution is 2.26. The van der Waals surface area contributed by atoms with Crippen LogP contribution in [0.2, 0.25) is 0 Å². The number of likely N-dealkylation sites (tertiary alicyclic amines) is 1. The molecule has 0 radical (unpaired) electrons. The minimum absolute atomic E-state index is 0.0446. The van der Waals surface area contributed by atoms with Gasteiger partial charge in [0.05, 0.1) is 6.61 Å². The van der Waals surface area contributed by atoms with E-state index in [-0.39, 0.29) is 18.4 Å². The molecule has 37 heavy (non-hydrogen) atoms. The van der Waals surface area contributed by atoms with Crippen LogP contribution >= 0.6 is 0 Å². The second kappa shape index (κ2) is 16.2. The normalized spacial score (nSPS) is 29.8. The lowest BCUT2D eigenvalue weighted by atomic mass is 9.97. The first-order valence-electron chi connectivity index (χ1n) is 13.7. The van der Waals surface area contributed by atoms with Crippen LogP contribution in [-0.4, -0.2) is 101 Å². The van der Waals surface area contributed by atoms with Crippen LogP contribution in [0.3, 0.4) is 0 Å². The molecule has 0 aliphatic carbocycles. The van der Waals surface area contributed by atoms with Gasteiger partial charge in [-0.05, 0) is 44.4 Å². The lowest BCUT2D eigenvalue weighted by Crippen LogP contribution is -2.64. The summed E-state index contributed by atoms with van der Waals surface area (Å²) in [5.74, 6) is 0.377. The molecule has 0 bridgehead atoms. The van der Waals surface area contributed by atoms with Crippen LogP contribution in [-0.2, 0) is 23.9 Å². The number of hydrogen-bond donors (Lipinski definition) is 5. The minimum atomic E-state index is -1.35. The Morgan fingerprint density at radius 3 is 2.46 bits per heavy atom. The average molecular weight is 530 g/mol. The number of aliphatic hydroxyl groups excluding tert-OH is 3. The molecule has 0 aromatic rings. The summed E-state index contributed by atoms with van der Waals surface area (Å²) in [4.78, 5) is 38.1. The van der Waals surface area contributed by atoms with Crippen molar-refractivity contribution in [1.82, 2.24) is 15.5 Å². The molecule has 2 heterocycles. The third kappa shape index (κ3) is 10.1. The predicted octanol–water partition coefficient (Wildman–Crippen LogP) is 0.441. The van der Waals surface area contributed by atoms with Crippen molar-refractivity contribution >= 4 is 17.7 Å². The maximum Gasteiger partial charge on any atom is 0.222 e. The van der Waals surface area contributed by atoms with E-state index in [0.29, 0.717) is 44.2 Å². The summed E-state index contributed by atoms with van der Waals surface area (Å²) < 4.78 is 11.2. The van der Waals surface area contributed by atoms with E-state index in [1.54, 1.807) is 0 Å². The summed E-state index contributed by atoms with van der Waals surface area (Å²) in [6.45, 7) is 6.79. The molecule has 2 aliphatic heterocycles. The fourth-order valence-electron chi connectivity index (χ4n) is 5.08. The molecule has 0 saturated carbocycles. The molecule has 5 N–H and O–H groups in total. The van der Waals surface area contributed by atoms with Crippen molar-refractivity contribution in [2.24, 2.45) is 5.92 Å². The zero-order valence-corrected chi connectivity index (χ0v) is 22.6. The van der Waals surface area contributed by atoms with Crippen LogP contribution < -0.4 is 10.6 Å². The standard InChI is InChI=1S/C26H47N3O8/c1-4-19-14-17(2)15-29(19)22(33)11-6-5-8-12-27-21(32)10-7-9-13-36-26-23(28-18(3)31)25(35)24(34)20(16-30)37-26/h17,19-20,23-26,30,34-35H,4-16H2,1-3H3,(H,27,32)(H,28,31)/t17-,19?,20?,23?,24+,25?,26-/m1/s1. The molecule has 0 aromatic heterocycles. The number of amides is 3. The highest BCUT2D eigenvalue weighted by Gasteiger charge is 2.45. The zero-order chi connectivity index (χ0) is 27.4. The van der Waals surface area contributed by atoms with Gasteiger partial charge in [-0.1, -0.05) is 20.3 Å². The monoisotopic (exact) mass is 529 g/mol. The number of ether oxygens (including phenoxy) is 2. The zero-order valence-electron chi connectivity index (χ0n) is 22.6. The maximum absolute atomic E-state index is 12.5. The lowest BCUT2D eigenvalue weighted by Gasteiger charge is -2.42. The van der Waals surface area contributed by atoms with Crippen molar-refractivity contribution < 1.29 is 39.2 Å². The van der Waals surface area contributed by atoms with Crippen LogP contribution in [0.15, 0.2) is 0 Å². The second-order valence-corrected chi connectivity index (χ2v) is 10.4. The number of nitrogens with zero attached hydrogens (tertiary/aromatic N) is 1. The van der Waals surface area contributed by atoms with Gasteiger partial charge in [0.1, 0.15) is 24.4 Å². The minimum Gasteiger partial charge on any atom is -0.394 e. The molecular weight excluding hydrogens is 482 g/mol. The van der Waals surface area contributed by atoms with E-state index in [1.165, 1.54) is 6.92 Å². The third-order valence-corrected chi connectivity index (χ3v) is 7.14. The maximum atomic E-state index is 12.5. The summed E-state index contributed by atoms with van der Waals surface area (Å²) in [5, 5.41) is 35.1. The topological polar surface area (TPSA) is 158 Å². The van der Waals surface area contributed by atoms with Gasteiger partial charge in [0, 0.05) is 45.5 Å². The summed E-state index contributed by atoms with van der Waals surface area (Å²) >= 11 is 0. The molecule has 3 amide bonds. The van der Waals surface area contributed by atoms with E-state index >= 15 is 0 Å². The van der Waals surface area contributed by atoms with Crippen LogP contribution in [0.25, 0.3) is 0 Å². The molecule has 2 aliphatic rings. The van der Waals surface area contributed by atoms with E-state index in [2.05, 4.69) is 24.5 Å². The van der Waals surface area contributed by atoms with Crippen LogP contribution in [0.1, 0.15) is 78.6 Å². The Morgan fingerprint density at radius 1 is 1.05 bits per heavy atom. The SMILES string of the molecule is CCC1C[C@@H](C)CN1C(=O)CCCCCNC(=O)CCCCO[C@@H]1OC(CO)[C@H](O)C(O)C1NC(C)=O. The summed E-state index contributed by atoms with van der Waals surface area (Å²) in [7, 11) is 0. The number of carbonyl (C=O) groups excluding carboxylic acids is 3. The van der Waals surface area contributed by atoms with Crippen molar-refractivity contribution in [3.05, 3.63) is 0 Å². The Hall–Kier alpha value is -1.79. The molecular formula is C26H47N3O8. The largest absolute Gasteiger partial charge is 0.394 e. The first-order valence-corrected chi connectivity index (χ1v) is 13.7. The lowest BCUT2D eigenvalue weighted by molar-refractivity contribution is -0.270. The van der Waals surface area contributed by atoms with Crippen LogP contribution in [0, 0.1) is 5.92 Å². The molecule has 0 spiro atoms. The number of nitrogens with one attached hydrogen (secondary N) is 2. The number of carbonyl (C=O) groups is 3. The molecule has 214 valence electrons. The number of unbranched alkanes of at least 4 members (excludes halogenated alkanes) is 3. The van der Waals surface area contributed by atoms with E-state index in [1.807, 2.05) is 4.90 Å². The van der Waals surface area contributed by atoms with Crippen LogP contribution in [0.5, 0.6) is 0 Å². The number of rotatable bonds is 15. The van der Waals surface area contributed by atoms with Gasteiger partial charge >= 0.3 is 0 Å². The van der Waals surface area contributed by atoms with Gasteiger partial charge in [-0.25, -0.2) is 0 Å². The first-order chi connectivity index (χ1) is 17.7. The van der Waals surface area contributed by atoms with Crippen molar-refractivity contribution in [3.63, 3.8) is 0 Å². The van der Waals surface area contributed by atoms with Gasteiger partial charge in [0.2, 0.25) is 17.7 Å². The summed E-state index contributed by atoms with van der Waals surface area (Å²) in [5.41, 5.74) is 0. The van der Waals surface area contributed by atoms with Gasteiger partial charge in [0.25, 0.3) is 0 Å². The Labute approximate surface area is 220 Å². The second-order valence-electron chi connectivity index (χ2n) is 10.4. The van der Waals surface area contributed by atoms with Crippen LogP contribution in [0.4, 0.5) is 0 Å².